The van der Waals surface area contributed by atoms with Crippen molar-refractivity contribution < 1.29 is 23.8 Å². The second-order valence-electron chi connectivity index (χ2n) is 7.73. The monoisotopic (exact) mass is 461 g/mol. The van der Waals surface area contributed by atoms with E-state index in [0.717, 1.165) is 0 Å². The third-order valence-electron chi connectivity index (χ3n) is 4.93. The summed E-state index contributed by atoms with van der Waals surface area (Å²) in [5.74, 6) is 0.637. The molecule has 0 aromatic heterocycles. The summed E-state index contributed by atoms with van der Waals surface area (Å²) in [6.07, 6.45) is 0. The first-order chi connectivity index (χ1) is 15.3. The maximum atomic E-state index is 12.8. The summed E-state index contributed by atoms with van der Waals surface area (Å²) in [6.45, 7) is 4.61. The molecule has 0 unspecified atom stereocenters. The Morgan fingerprint density at radius 1 is 1.09 bits per heavy atom. The topological polar surface area (TPSA) is 103 Å². The predicted molar refractivity (Wildman–Crippen MR) is 122 cm³/mol. The van der Waals surface area contributed by atoms with Crippen LogP contribution >= 0.6 is 11.6 Å². The van der Waals surface area contributed by atoms with Crippen molar-refractivity contribution in [3.05, 3.63) is 47.5 Å². The van der Waals surface area contributed by atoms with Gasteiger partial charge in [-0.1, -0.05) is 37.6 Å². The van der Waals surface area contributed by atoms with Gasteiger partial charge in [-0.25, -0.2) is 0 Å². The molecule has 8 nitrogen and oxygen atoms in total. The number of hydrogen-bond donors (Lipinski definition) is 2. The zero-order valence-electron chi connectivity index (χ0n) is 18.2. The second kappa shape index (κ2) is 11.2. The number of ether oxygens (including phenoxy) is 3. The van der Waals surface area contributed by atoms with Crippen molar-refractivity contribution in [3.63, 3.8) is 0 Å². The number of fused-ring (bicyclic) bond motifs is 2. The fourth-order valence-corrected chi connectivity index (χ4v) is 3.25. The molecule has 0 spiro atoms. The van der Waals surface area contributed by atoms with E-state index in [1.54, 1.807) is 30.3 Å². The molecule has 1 heterocycles. The minimum absolute atomic E-state index is 0.0667. The Kier molecular flexibility index (Phi) is 8.33. The molecule has 2 aromatic rings. The molecule has 0 bridgehead atoms. The molecule has 1 atom stereocenters. The molecule has 1 aliphatic heterocycles. The van der Waals surface area contributed by atoms with Gasteiger partial charge in [-0.2, -0.15) is 0 Å². The Bertz CT molecular complexity index is 953. The van der Waals surface area contributed by atoms with Crippen molar-refractivity contribution in [2.24, 2.45) is 11.7 Å². The molecule has 0 radical (unpaired) electrons. The third-order valence-corrected chi connectivity index (χ3v) is 5.16. The van der Waals surface area contributed by atoms with Crippen LogP contribution in [0.25, 0.3) is 0 Å². The zero-order chi connectivity index (χ0) is 23.1. The van der Waals surface area contributed by atoms with E-state index in [9.17, 15) is 9.59 Å². The Morgan fingerprint density at radius 3 is 2.59 bits per heavy atom. The van der Waals surface area contributed by atoms with Crippen LogP contribution in [-0.4, -0.2) is 55.7 Å². The highest BCUT2D eigenvalue weighted by atomic mass is 35.5. The molecule has 32 heavy (non-hydrogen) atoms. The fourth-order valence-electron chi connectivity index (χ4n) is 3.07. The minimum atomic E-state index is -0.715. The highest BCUT2D eigenvalue weighted by Crippen LogP contribution is 2.36. The van der Waals surface area contributed by atoms with Crippen molar-refractivity contribution in [1.82, 2.24) is 4.90 Å². The molecule has 2 amide bonds. The first-order valence-electron chi connectivity index (χ1n) is 10.5. The fraction of sp³-hybridized carbons (Fsp3) is 0.391. The summed E-state index contributed by atoms with van der Waals surface area (Å²) >= 11 is 6.15. The van der Waals surface area contributed by atoms with Crippen LogP contribution in [0.3, 0.4) is 0 Å². The van der Waals surface area contributed by atoms with Crippen molar-refractivity contribution >= 4 is 29.1 Å². The van der Waals surface area contributed by atoms with E-state index in [2.05, 4.69) is 5.32 Å². The normalized spacial score (nSPS) is 16.4. The van der Waals surface area contributed by atoms with Crippen LogP contribution in [0.4, 0.5) is 5.69 Å². The maximum absolute atomic E-state index is 12.8. The van der Waals surface area contributed by atoms with Gasteiger partial charge in [0, 0.05) is 11.6 Å². The number of halogens is 1. The molecular weight excluding hydrogens is 434 g/mol. The Hall–Kier alpha value is -2.81. The smallest absolute Gasteiger partial charge is 0.244 e. The van der Waals surface area contributed by atoms with Crippen molar-refractivity contribution in [3.8, 4) is 17.2 Å². The number of hydrogen-bond acceptors (Lipinski definition) is 6. The average Bonchev–Trinajstić information content (AvgIpc) is 2.76. The second-order valence-corrected chi connectivity index (χ2v) is 8.16. The highest BCUT2D eigenvalue weighted by Gasteiger charge is 2.25. The number of amides is 2. The molecule has 9 heteroatoms. The molecule has 0 aliphatic carbocycles. The Labute approximate surface area is 192 Å². The lowest BCUT2D eigenvalue weighted by atomic mass is 10.0. The number of nitrogens with zero attached hydrogens (tertiary/aromatic N) is 1. The SMILES string of the molecule is CC(C)[C@@H](N)C(=O)N1CCOCCOc2ccccc2Oc2ccc(Cl)cc2NC(=O)C1. The van der Waals surface area contributed by atoms with Crippen molar-refractivity contribution in [2.75, 3.05) is 38.2 Å². The number of para-hydroxylation sites is 2. The van der Waals surface area contributed by atoms with Gasteiger partial charge >= 0.3 is 0 Å². The van der Waals surface area contributed by atoms with Gasteiger partial charge in [0.25, 0.3) is 0 Å². The van der Waals surface area contributed by atoms with Gasteiger partial charge in [0.05, 0.1) is 31.5 Å². The number of benzene rings is 2. The number of carbonyl (C=O) groups is 2. The van der Waals surface area contributed by atoms with E-state index in [0.29, 0.717) is 41.2 Å². The van der Waals surface area contributed by atoms with Gasteiger partial charge in [-0.15, -0.1) is 0 Å². The molecule has 0 saturated heterocycles. The molecule has 3 rings (SSSR count). The first kappa shape index (κ1) is 23.8. The highest BCUT2D eigenvalue weighted by molar-refractivity contribution is 6.31. The van der Waals surface area contributed by atoms with Crippen LogP contribution in [0, 0.1) is 5.92 Å². The number of nitrogens with two attached hydrogens (primary N) is 1. The molecule has 0 saturated carbocycles. The molecule has 1 aliphatic rings. The molecular formula is C23H28ClN3O5. The van der Waals surface area contributed by atoms with E-state index < -0.39 is 11.9 Å². The van der Waals surface area contributed by atoms with Crippen molar-refractivity contribution in [2.45, 2.75) is 19.9 Å². The lowest BCUT2D eigenvalue weighted by Crippen LogP contribution is -2.50. The van der Waals surface area contributed by atoms with Crippen LogP contribution < -0.4 is 20.5 Å². The van der Waals surface area contributed by atoms with E-state index in [4.69, 9.17) is 31.5 Å². The summed E-state index contributed by atoms with van der Waals surface area (Å²) in [5.41, 5.74) is 6.42. The van der Waals surface area contributed by atoms with Crippen LogP contribution in [0.15, 0.2) is 42.5 Å². The number of nitrogens with one attached hydrogen (secondary N) is 1. The van der Waals surface area contributed by atoms with E-state index in [1.807, 2.05) is 26.0 Å². The first-order valence-corrected chi connectivity index (χ1v) is 10.8. The number of anilines is 1. The summed E-state index contributed by atoms with van der Waals surface area (Å²) in [6, 6.07) is 11.4. The minimum Gasteiger partial charge on any atom is -0.487 e. The summed E-state index contributed by atoms with van der Waals surface area (Å²) in [4.78, 5) is 27.1. The summed E-state index contributed by atoms with van der Waals surface area (Å²) in [5, 5.41) is 3.22. The zero-order valence-corrected chi connectivity index (χ0v) is 18.9. The van der Waals surface area contributed by atoms with Gasteiger partial charge in [0.2, 0.25) is 11.8 Å². The van der Waals surface area contributed by atoms with Gasteiger partial charge in [0.15, 0.2) is 17.2 Å². The third kappa shape index (κ3) is 6.35. The van der Waals surface area contributed by atoms with Crippen LogP contribution in [0.1, 0.15) is 13.8 Å². The van der Waals surface area contributed by atoms with Gasteiger partial charge in [-0.3, -0.25) is 9.59 Å². The van der Waals surface area contributed by atoms with Crippen LogP contribution in [0.5, 0.6) is 17.2 Å². The van der Waals surface area contributed by atoms with Crippen LogP contribution in [0.2, 0.25) is 5.02 Å². The lowest BCUT2D eigenvalue weighted by Gasteiger charge is -2.27. The van der Waals surface area contributed by atoms with E-state index >= 15 is 0 Å². The summed E-state index contributed by atoms with van der Waals surface area (Å²) < 4.78 is 17.4. The standard InChI is InChI=1S/C23H28ClN3O5/c1-15(2)22(25)23(29)27-9-10-30-11-12-31-19-5-3-4-6-20(19)32-18-8-7-16(24)13-17(18)26-21(28)14-27/h3-8,13,15,22H,9-12,14,25H2,1-2H3,(H,26,28)/t22-/m1/s1. The average molecular weight is 462 g/mol. The Balaban J connectivity index is 1.89. The largest absolute Gasteiger partial charge is 0.487 e. The van der Waals surface area contributed by atoms with E-state index in [1.165, 1.54) is 4.90 Å². The van der Waals surface area contributed by atoms with E-state index in [-0.39, 0.29) is 31.5 Å². The molecule has 3 N–H and O–H groups in total. The van der Waals surface area contributed by atoms with Crippen LogP contribution in [-0.2, 0) is 14.3 Å². The van der Waals surface area contributed by atoms with Gasteiger partial charge in [0.1, 0.15) is 6.61 Å². The molecule has 172 valence electrons. The van der Waals surface area contributed by atoms with Gasteiger partial charge in [-0.05, 0) is 36.2 Å². The van der Waals surface area contributed by atoms with Crippen molar-refractivity contribution in [1.29, 1.82) is 0 Å². The molecule has 0 fully saturated rings. The summed E-state index contributed by atoms with van der Waals surface area (Å²) in [7, 11) is 0. The quantitative estimate of drug-likeness (QED) is 0.711. The Morgan fingerprint density at radius 2 is 1.84 bits per heavy atom. The lowest BCUT2D eigenvalue weighted by molar-refractivity contribution is -0.137. The van der Waals surface area contributed by atoms with Gasteiger partial charge < -0.3 is 30.2 Å². The number of carbonyl (C=O) groups excluding carboxylic acids is 2. The number of rotatable bonds is 2. The maximum Gasteiger partial charge on any atom is 0.244 e. The predicted octanol–water partition coefficient (Wildman–Crippen LogP) is 3.29. The molecule has 2 aromatic carbocycles.